The van der Waals surface area contributed by atoms with Crippen LogP contribution in [0.3, 0.4) is 0 Å². The lowest BCUT2D eigenvalue weighted by Crippen LogP contribution is -2.12. The zero-order valence-corrected chi connectivity index (χ0v) is 15.5. The molecule has 1 amide bonds. The first-order valence-corrected chi connectivity index (χ1v) is 9.29. The molecule has 0 spiro atoms. The Bertz CT molecular complexity index is 940. The molecule has 26 heavy (non-hydrogen) atoms. The van der Waals surface area contributed by atoms with Crippen LogP contribution >= 0.6 is 23.2 Å². The molecule has 0 saturated heterocycles. The number of nitrogens with one attached hydrogen (secondary N) is 1. The Morgan fingerprint density at radius 3 is 2.65 bits per heavy atom. The Balaban J connectivity index is 1.52. The molecule has 132 valence electrons. The van der Waals surface area contributed by atoms with Crippen molar-refractivity contribution in [2.45, 2.75) is 25.8 Å². The van der Waals surface area contributed by atoms with E-state index in [0.29, 0.717) is 16.3 Å². The first-order chi connectivity index (χ1) is 12.6. The van der Waals surface area contributed by atoms with Crippen molar-refractivity contribution in [3.05, 3.63) is 70.1 Å². The summed E-state index contributed by atoms with van der Waals surface area (Å²) in [5.41, 5.74) is 3.05. The third-order valence-electron chi connectivity index (χ3n) is 4.54. The van der Waals surface area contributed by atoms with Crippen LogP contribution < -0.4 is 5.32 Å². The molecule has 0 saturated carbocycles. The number of carbonyl (C=O) groups is 1. The zero-order chi connectivity index (χ0) is 18.1. The van der Waals surface area contributed by atoms with Gasteiger partial charge >= 0.3 is 0 Å². The van der Waals surface area contributed by atoms with Gasteiger partial charge in [0.05, 0.1) is 21.3 Å². The standard InChI is InChI=1S/C20H17Cl2N3O/c21-16-5-3-4-15(19(16)22)20(26)23-14-9-7-13(8-10-14)17-12-25-11-2-1-6-18(25)24-17/h3-5,7-10,12H,1-2,6,11H2,(H,23,26). The van der Waals surface area contributed by atoms with Gasteiger partial charge in [0.2, 0.25) is 0 Å². The van der Waals surface area contributed by atoms with Gasteiger partial charge in [-0.2, -0.15) is 0 Å². The lowest BCUT2D eigenvalue weighted by atomic mass is 10.1. The van der Waals surface area contributed by atoms with Gasteiger partial charge < -0.3 is 9.88 Å². The highest BCUT2D eigenvalue weighted by atomic mass is 35.5. The molecule has 4 rings (SSSR count). The maximum absolute atomic E-state index is 12.4. The molecule has 2 aromatic carbocycles. The molecular formula is C20H17Cl2N3O. The van der Waals surface area contributed by atoms with E-state index in [1.54, 1.807) is 18.2 Å². The van der Waals surface area contributed by atoms with Gasteiger partial charge in [-0.3, -0.25) is 4.79 Å². The van der Waals surface area contributed by atoms with Crippen molar-refractivity contribution >= 4 is 34.8 Å². The van der Waals surface area contributed by atoms with Crippen LogP contribution in [0.5, 0.6) is 0 Å². The van der Waals surface area contributed by atoms with E-state index in [9.17, 15) is 4.79 Å². The number of rotatable bonds is 3. The lowest BCUT2D eigenvalue weighted by Gasteiger charge is -2.11. The van der Waals surface area contributed by atoms with Gasteiger partial charge in [0.15, 0.2) is 0 Å². The van der Waals surface area contributed by atoms with E-state index in [4.69, 9.17) is 28.2 Å². The predicted octanol–water partition coefficient (Wildman–Crippen LogP) is 5.45. The van der Waals surface area contributed by atoms with Crippen LogP contribution in [0.2, 0.25) is 10.0 Å². The second kappa shape index (κ2) is 7.14. The van der Waals surface area contributed by atoms with Crippen molar-refractivity contribution in [1.82, 2.24) is 9.55 Å². The van der Waals surface area contributed by atoms with Gasteiger partial charge in [-0.1, -0.05) is 41.4 Å². The number of benzene rings is 2. The number of carbonyl (C=O) groups excluding carboxylic acids is 1. The number of nitrogens with zero attached hydrogens (tertiary/aromatic N) is 2. The van der Waals surface area contributed by atoms with Crippen molar-refractivity contribution in [2.75, 3.05) is 5.32 Å². The summed E-state index contributed by atoms with van der Waals surface area (Å²) in [5.74, 6) is 0.863. The number of fused-ring (bicyclic) bond motifs is 1. The molecule has 1 aliphatic heterocycles. The molecule has 6 heteroatoms. The summed E-state index contributed by atoms with van der Waals surface area (Å²) in [4.78, 5) is 17.1. The van der Waals surface area contributed by atoms with E-state index >= 15 is 0 Å². The fraction of sp³-hybridized carbons (Fsp3) is 0.200. The lowest BCUT2D eigenvalue weighted by molar-refractivity contribution is 0.102. The Hall–Kier alpha value is -2.30. The first-order valence-electron chi connectivity index (χ1n) is 8.53. The van der Waals surface area contributed by atoms with Crippen molar-refractivity contribution in [1.29, 1.82) is 0 Å². The number of halogens is 2. The molecule has 0 fully saturated rings. The topological polar surface area (TPSA) is 46.9 Å². The predicted molar refractivity (Wildman–Crippen MR) is 105 cm³/mol. The number of imidazole rings is 1. The molecular weight excluding hydrogens is 369 g/mol. The molecule has 0 bridgehead atoms. The van der Waals surface area contributed by atoms with Gasteiger partial charge in [0.1, 0.15) is 5.82 Å². The van der Waals surface area contributed by atoms with E-state index in [1.807, 2.05) is 24.3 Å². The second-order valence-corrected chi connectivity index (χ2v) is 7.11. The van der Waals surface area contributed by atoms with Crippen LogP contribution in [0.4, 0.5) is 5.69 Å². The number of amides is 1. The zero-order valence-electron chi connectivity index (χ0n) is 14.0. The Kier molecular flexibility index (Phi) is 4.70. The summed E-state index contributed by atoms with van der Waals surface area (Å²) in [6.45, 7) is 1.04. The maximum Gasteiger partial charge on any atom is 0.257 e. The Morgan fingerprint density at radius 2 is 1.88 bits per heavy atom. The Labute approximate surface area is 161 Å². The second-order valence-electron chi connectivity index (χ2n) is 6.33. The fourth-order valence-corrected chi connectivity index (χ4v) is 3.54. The molecule has 4 nitrogen and oxygen atoms in total. The van der Waals surface area contributed by atoms with Crippen LogP contribution in [0.25, 0.3) is 11.3 Å². The van der Waals surface area contributed by atoms with Crippen LogP contribution in [-0.2, 0) is 13.0 Å². The van der Waals surface area contributed by atoms with Gasteiger partial charge in [-0.05, 0) is 37.1 Å². The molecule has 0 radical (unpaired) electrons. The molecule has 1 N–H and O–H groups in total. The van der Waals surface area contributed by atoms with Crippen LogP contribution in [0.15, 0.2) is 48.7 Å². The van der Waals surface area contributed by atoms with Crippen molar-refractivity contribution in [2.24, 2.45) is 0 Å². The largest absolute Gasteiger partial charge is 0.334 e. The highest BCUT2D eigenvalue weighted by molar-refractivity contribution is 6.44. The average Bonchev–Trinajstić information content (AvgIpc) is 3.08. The monoisotopic (exact) mass is 385 g/mol. The normalized spacial score (nSPS) is 13.3. The van der Waals surface area contributed by atoms with E-state index in [1.165, 1.54) is 12.8 Å². The minimum Gasteiger partial charge on any atom is -0.334 e. The quantitative estimate of drug-likeness (QED) is 0.651. The number of aromatic nitrogens is 2. The summed E-state index contributed by atoms with van der Waals surface area (Å²) in [5, 5.41) is 3.46. The van der Waals surface area contributed by atoms with E-state index in [2.05, 4.69) is 16.1 Å². The molecule has 3 aromatic rings. The SMILES string of the molecule is O=C(Nc1ccc(-c2cn3c(n2)CCCC3)cc1)c1cccc(Cl)c1Cl. The third-order valence-corrected chi connectivity index (χ3v) is 5.36. The van der Waals surface area contributed by atoms with Crippen LogP contribution in [0, 0.1) is 0 Å². The smallest absolute Gasteiger partial charge is 0.257 e. The van der Waals surface area contributed by atoms with Gasteiger partial charge in [0.25, 0.3) is 5.91 Å². The number of aryl methyl sites for hydroxylation is 2. The molecule has 1 aromatic heterocycles. The number of hydrogen-bond acceptors (Lipinski definition) is 2. The number of anilines is 1. The average molecular weight is 386 g/mol. The summed E-state index contributed by atoms with van der Waals surface area (Å²) in [7, 11) is 0. The number of hydrogen-bond donors (Lipinski definition) is 1. The first kappa shape index (κ1) is 17.1. The van der Waals surface area contributed by atoms with Crippen molar-refractivity contribution < 1.29 is 4.79 Å². The fourth-order valence-electron chi connectivity index (χ4n) is 3.15. The summed E-state index contributed by atoms with van der Waals surface area (Å²) >= 11 is 12.1. The van der Waals surface area contributed by atoms with Crippen LogP contribution in [-0.4, -0.2) is 15.5 Å². The molecule has 0 atom stereocenters. The van der Waals surface area contributed by atoms with E-state index in [0.717, 1.165) is 30.0 Å². The molecule has 1 aliphatic rings. The summed E-state index contributed by atoms with van der Waals surface area (Å²) in [6, 6.07) is 12.7. The summed E-state index contributed by atoms with van der Waals surface area (Å²) in [6.07, 6.45) is 5.55. The van der Waals surface area contributed by atoms with Gasteiger partial charge in [-0.15, -0.1) is 0 Å². The van der Waals surface area contributed by atoms with Gasteiger partial charge in [-0.25, -0.2) is 4.98 Å². The van der Waals surface area contributed by atoms with Crippen molar-refractivity contribution in [3.8, 4) is 11.3 Å². The molecule has 2 heterocycles. The van der Waals surface area contributed by atoms with Crippen molar-refractivity contribution in [3.63, 3.8) is 0 Å². The molecule has 0 unspecified atom stereocenters. The highest BCUT2D eigenvalue weighted by Gasteiger charge is 2.15. The van der Waals surface area contributed by atoms with E-state index < -0.39 is 0 Å². The summed E-state index contributed by atoms with van der Waals surface area (Å²) < 4.78 is 2.23. The van der Waals surface area contributed by atoms with Crippen LogP contribution in [0.1, 0.15) is 29.0 Å². The highest BCUT2D eigenvalue weighted by Crippen LogP contribution is 2.27. The third kappa shape index (κ3) is 3.35. The molecule has 0 aliphatic carbocycles. The Morgan fingerprint density at radius 1 is 1.08 bits per heavy atom. The maximum atomic E-state index is 12.4. The minimum atomic E-state index is -0.289. The van der Waals surface area contributed by atoms with Gasteiger partial charge in [0, 0.05) is 30.4 Å². The minimum absolute atomic E-state index is 0.256. The van der Waals surface area contributed by atoms with E-state index in [-0.39, 0.29) is 10.9 Å².